The number of nitrogens with zero attached hydrogens (tertiary/aromatic N) is 2. The van der Waals surface area contributed by atoms with Crippen LogP contribution >= 0.6 is 23.2 Å². The molecule has 3 nitrogen and oxygen atoms in total. The van der Waals surface area contributed by atoms with Gasteiger partial charge in [0.05, 0.1) is 15.7 Å². The van der Waals surface area contributed by atoms with Crippen molar-refractivity contribution >= 4 is 28.9 Å². The van der Waals surface area contributed by atoms with Crippen LogP contribution in [0.2, 0.25) is 10.0 Å². The lowest BCUT2D eigenvalue weighted by molar-refractivity contribution is 0.215. The Balaban J connectivity index is 1.97. The van der Waals surface area contributed by atoms with Crippen LogP contribution in [-0.4, -0.2) is 43.0 Å². The SMILES string of the molecule is CN(Cc1cc(Cl)c(N)c(Cl)c1)CC1CCCN1C. The zero-order valence-corrected chi connectivity index (χ0v) is 13.0. The van der Waals surface area contributed by atoms with Crippen LogP contribution < -0.4 is 5.73 Å². The Morgan fingerprint density at radius 1 is 1.37 bits per heavy atom. The summed E-state index contributed by atoms with van der Waals surface area (Å²) in [6.07, 6.45) is 2.58. The van der Waals surface area contributed by atoms with Gasteiger partial charge >= 0.3 is 0 Å². The summed E-state index contributed by atoms with van der Waals surface area (Å²) in [5, 5.41) is 1.07. The number of hydrogen-bond acceptors (Lipinski definition) is 3. The smallest absolute Gasteiger partial charge is 0.0693 e. The number of nitrogens with two attached hydrogens (primary N) is 1. The number of likely N-dealkylation sites (tertiary alicyclic amines) is 1. The molecule has 0 amide bonds. The number of anilines is 1. The van der Waals surface area contributed by atoms with Crippen LogP contribution in [0.15, 0.2) is 12.1 Å². The fourth-order valence-electron chi connectivity index (χ4n) is 2.67. The maximum Gasteiger partial charge on any atom is 0.0693 e. The lowest BCUT2D eigenvalue weighted by Crippen LogP contribution is -2.36. The number of likely N-dealkylation sites (N-methyl/N-ethyl adjacent to an activating group) is 2. The lowest BCUT2D eigenvalue weighted by Gasteiger charge is -2.26. The predicted octanol–water partition coefficient (Wildman–Crippen LogP) is 3.10. The highest BCUT2D eigenvalue weighted by Crippen LogP contribution is 2.29. The molecule has 1 saturated heterocycles. The van der Waals surface area contributed by atoms with Crippen molar-refractivity contribution in [2.45, 2.75) is 25.4 Å². The molecule has 1 atom stereocenters. The fraction of sp³-hybridized carbons (Fsp3) is 0.571. The Morgan fingerprint density at radius 3 is 2.53 bits per heavy atom. The second kappa shape index (κ2) is 6.31. The van der Waals surface area contributed by atoms with Gasteiger partial charge in [-0.1, -0.05) is 23.2 Å². The van der Waals surface area contributed by atoms with Gasteiger partial charge in [-0.05, 0) is 51.2 Å². The zero-order valence-electron chi connectivity index (χ0n) is 11.5. The summed E-state index contributed by atoms with van der Waals surface area (Å²) < 4.78 is 0. The molecule has 19 heavy (non-hydrogen) atoms. The molecule has 0 aliphatic carbocycles. The van der Waals surface area contributed by atoms with E-state index in [-0.39, 0.29) is 0 Å². The Labute approximate surface area is 125 Å². The third kappa shape index (κ3) is 3.76. The van der Waals surface area contributed by atoms with Crippen LogP contribution in [-0.2, 0) is 6.54 Å². The van der Waals surface area contributed by atoms with Crippen LogP contribution in [0.5, 0.6) is 0 Å². The molecule has 0 spiro atoms. The van der Waals surface area contributed by atoms with E-state index in [2.05, 4.69) is 23.9 Å². The minimum Gasteiger partial charge on any atom is -0.396 e. The molecule has 0 radical (unpaired) electrons. The molecule has 5 heteroatoms. The van der Waals surface area contributed by atoms with Gasteiger partial charge in [0.1, 0.15) is 0 Å². The number of hydrogen-bond donors (Lipinski definition) is 1. The standard InChI is InChI=1S/C14H21Cl2N3/c1-18(9-11-4-3-5-19(11)2)8-10-6-12(15)14(17)13(16)7-10/h6-7,11H,3-5,8-9,17H2,1-2H3. The minimum atomic E-state index is 0.463. The molecule has 0 aromatic heterocycles. The Kier molecular flexibility index (Phi) is 4.96. The first-order valence-corrected chi connectivity index (χ1v) is 7.35. The molecule has 106 valence electrons. The molecule has 1 aromatic rings. The van der Waals surface area contributed by atoms with Crippen molar-refractivity contribution < 1.29 is 0 Å². The van der Waals surface area contributed by atoms with Gasteiger partial charge < -0.3 is 15.5 Å². The summed E-state index contributed by atoms with van der Waals surface area (Å²) in [4.78, 5) is 4.74. The number of halogens is 2. The largest absolute Gasteiger partial charge is 0.396 e. The van der Waals surface area contributed by atoms with Crippen molar-refractivity contribution in [2.24, 2.45) is 0 Å². The molecular weight excluding hydrogens is 281 g/mol. The number of nitrogen functional groups attached to an aromatic ring is 1. The molecule has 1 fully saturated rings. The Hall–Kier alpha value is -0.480. The summed E-state index contributed by atoms with van der Waals surface area (Å²) in [5.41, 5.74) is 7.31. The van der Waals surface area contributed by atoms with Gasteiger partial charge in [-0.3, -0.25) is 0 Å². The first-order chi connectivity index (χ1) is 8.97. The van der Waals surface area contributed by atoms with Gasteiger partial charge in [0.15, 0.2) is 0 Å². The first kappa shape index (κ1) is 14.9. The monoisotopic (exact) mass is 301 g/mol. The van der Waals surface area contributed by atoms with E-state index in [9.17, 15) is 0 Å². The third-order valence-electron chi connectivity index (χ3n) is 3.79. The Morgan fingerprint density at radius 2 is 2.00 bits per heavy atom. The Bertz CT molecular complexity index is 427. The summed E-state index contributed by atoms with van der Waals surface area (Å²) in [7, 11) is 4.33. The summed E-state index contributed by atoms with van der Waals surface area (Å²) in [5.74, 6) is 0. The number of benzene rings is 1. The fourth-order valence-corrected chi connectivity index (χ4v) is 3.21. The van der Waals surface area contributed by atoms with Gasteiger partial charge in [-0.2, -0.15) is 0 Å². The van der Waals surface area contributed by atoms with Crippen molar-refractivity contribution in [1.29, 1.82) is 0 Å². The molecule has 2 N–H and O–H groups in total. The molecule has 1 aromatic carbocycles. The van der Waals surface area contributed by atoms with Crippen molar-refractivity contribution in [3.63, 3.8) is 0 Å². The highest BCUT2D eigenvalue weighted by atomic mass is 35.5. The summed E-state index contributed by atoms with van der Waals surface area (Å²) >= 11 is 12.1. The van der Waals surface area contributed by atoms with E-state index in [1.165, 1.54) is 19.4 Å². The third-order valence-corrected chi connectivity index (χ3v) is 4.41. The highest BCUT2D eigenvalue weighted by molar-refractivity contribution is 6.38. The van der Waals surface area contributed by atoms with Gasteiger partial charge in [-0.25, -0.2) is 0 Å². The van der Waals surface area contributed by atoms with Crippen LogP contribution in [0.3, 0.4) is 0 Å². The van der Waals surface area contributed by atoms with Crippen molar-refractivity contribution in [2.75, 3.05) is 32.9 Å². The molecule has 1 aliphatic rings. The van der Waals surface area contributed by atoms with Gasteiger partial charge in [0, 0.05) is 19.1 Å². The summed E-state index contributed by atoms with van der Waals surface area (Å²) in [6.45, 7) is 3.11. The molecular formula is C14H21Cl2N3. The molecule has 0 saturated carbocycles. The number of rotatable bonds is 4. The van der Waals surface area contributed by atoms with E-state index in [0.717, 1.165) is 18.7 Å². The summed E-state index contributed by atoms with van der Waals surface area (Å²) in [6, 6.07) is 4.46. The van der Waals surface area contributed by atoms with Crippen LogP contribution in [0.25, 0.3) is 0 Å². The highest BCUT2D eigenvalue weighted by Gasteiger charge is 2.22. The second-order valence-electron chi connectivity index (χ2n) is 5.45. The predicted molar refractivity (Wildman–Crippen MR) is 82.9 cm³/mol. The van der Waals surface area contributed by atoms with Crippen LogP contribution in [0.1, 0.15) is 18.4 Å². The lowest BCUT2D eigenvalue weighted by atomic mass is 10.1. The second-order valence-corrected chi connectivity index (χ2v) is 6.26. The minimum absolute atomic E-state index is 0.463. The van der Waals surface area contributed by atoms with E-state index in [1.807, 2.05) is 12.1 Å². The van der Waals surface area contributed by atoms with Crippen molar-refractivity contribution in [3.05, 3.63) is 27.7 Å². The van der Waals surface area contributed by atoms with E-state index in [1.54, 1.807) is 0 Å². The normalized spacial score (nSPS) is 20.4. The van der Waals surface area contributed by atoms with E-state index in [0.29, 0.717) is 21.8 Å². The average molecular weight is 302 g/mol. The quantitative estimate of drug-likeness (QED) is 0.868. The maximum absolute atomic E-state index is 6.06. The van der Waals surface area contributed by atoms with Gasteiger partial charge in [0.2, 0.25) is 0 Å². The topological polar surface area (TPSA) is 32.5 Å². The van der Waals surface area contributed by atoms with Gasteiger partial charge in [0.25, 0.3) is 0 Å². The molecule has 1 aliphatic heterocycles. The first-order valence-electron chi connectivity index (χ1n) is 6.59. The zero-order chi connectivity index (χ0) is 14.0. The van der Waals surface area contributed by atoms with Gasteiger partial charge in [-0.15, -0.1) is 0 Å². The molecule has 1 unspecified atom stereocenters. The van der Waals surface area contributed by atoms with Crippen LogP contribution in [0.4, 0.5) is 5.69 Å². The maximum atomic E-state index is 6.06. The molecule has 2 rings (SSSR count). The van der Waals surface area contributed by atoms with Crippen molar-refractivity contribution in [1.82, 2.24) is 9.80 Å². The van der Waals surface area contributed by atoms with Crippen LogP contribution in [0, 0.1) is 0 Å². The average Bonchev–Trinajstić information content (AvgIpc) is 2.72. The molecule has 0 bridgehead atoms. The van der Waals surface area contributed by atoms with E-state index >= 15 is 0 Å². The molecule has 1 heterocycles. The van der Waals surface area contributed by atoms with Crippen molar-refractivity contribution in [3.8, 4) is 0 Å². The van der Waals surface area contributed by atoms with E-state index < -0.39 is 0 Å². The van der Waals surface area contributed by atoms with E-state index in [4.69, 9.17) is 28.9 Å².